The smallest absolute Gasteiger partial charge is 0.231 e. The average molecular weight is 292 g/mol. The number of nitrogens with zero attached hydrogens (tertiary/aromatic N) is 3. The molecule has 2 aromatic carbocycles. The predicted molar refractivity (Wildman–Crippen MR) is 81.3 cm³/mol. The molecule has 1 aliphatic heterocycles. The molecule has 0 spiro atoms. The number of anilines is 1. The maximum Gasteiger partial charge on any atom is 0.231 e. The molecule has 3 aromatic rings. The molecule has 2 heterocycles. The summed E-state index contributed by atoms with van der Waals surface area (Å²) in [5, 5.41) is 9.14. The van der Waals surface area contributed by atoms with Crippen LogP contribution in [-0.4, -0.2) is 16.3 Å². The van der Waals surface area contributed by atoms with Crippen LogP contribution in [0.5, 0.6) is 11.5 Å². The quantitative estimate of drug-likeness (QED) is 0.733. The van der Waals surface area contributed by atoms with Crippen LogP contribution in [0.2, 0.25) is 0 Å². The van der Waals surface area contributed by atoms with Crippen LogP contribution in [0, 0.1) is 11.3 Å². The van der Waals surface area contributed by atoms with Crippen molar-refractivity contribution in [2.75, 3.05) is 12.5 Å². The molecule has 22 heavy (non-hydrogen) atoms. The van der Waals surface area contributed by atoms with Crippen molar-refractivity contribution < 1.29 is 9.47 Å². The Balaban J connectivity index is 1.98. The number of nitrogen functional groups attached to an aromatic ring is 1. The Morgan fingerprint density at radius 1 is 1.23 bits per heavy atom. The van der Waals surface area contributed by atoms with Crippen molar-refractivity contribution in [3.05, 3.63) is 36.4 Å². The largest absolute Gasteiger partial charge is 0.454 e. The molecule has 0 atom stereocenters. The Morgan fingerprint density at radius 3 is 2.82 bits per heavy atom. The third-order valence-corrected chi connectivity index (χ3v) is 3.62. The van der Waals surface area contributed by atoms with Crippen molar-refractivity contribution in [1.82, 2.24) is 9.55 Å². The standard InChI is InChI=1S/C16H12N4O2/c17-4-5-20-13-8-15-14(21-9-22-15)7-12(13)19-16(20)10-2-1-3-11(18)6-10/h1-3,6-8H,5,9,18H2. The van der Waals surface area contributed by atoms with Gasteiger partial charge in [0.05, 0.1) is 17.1 Å². The van der Waals surface area contributed by atoms with Crippen LogP contribution >= 0.6 is 0 Å². The first-order valence-electron chi connectivity index (χ1n) is 6.79. The number of rotatable bonds is 2. The summed E-state index contributed by atoms with van der Waals surface area (Å²) in [5.41, 5.74) is 8.97. The van der Waals surface area contributed by atoms with Gasteiger partial charge in [-0.05, 0) is 12.1 Å². The van der Waals surface area contributed by atoms with Gasteiger partial charge >= 0.3 is 0 Å². The SMILES string of the molecule is N#CCn1c(-c2cccc(N)c2)nc2cc3c(cc21)OCO3. The summed E-state index contributed by atoms with van der Waals surface area (Å²) in [5.74, 6) is 2.05. The van der Waals surface area contributed by atoms with E-state index in [4.69, 9.17) is 20.5 Å². The summed E-state index contributed by atoms with van der Waals surface area (Å²) in [6.45, 7) is 0.405. The van der Waals surface area contributed by atoms with Crippen molar-refractivity contribution in [3.63, 3.8) is 0 Å². The number of nitriles is 1. The molecule has 0 unspecified atom stereocenters. The Bertz CT molecular complexity index is 924. The van der Waals surface area contributed by atoms with E-state index in [0.29, 0.717) is 23.0 Å². The van der Waals surface area contributed by atoms with Crippen LogP contribution in [-0.2, 0) is 6.54 Å². The van der Waals surface area contributed by atoms with Gasteiger partial charge < -0.3 is 19.8 Å². The zero-order valence-corrected chi connectivity index (χ0v) is 11.6. The number of hydrogen-bond donors (Lipinski definition) is 1. The number of ether oxygens (including phenoxy) is 2. The molecule has 0 bridgehead atoms. The molecule has 108 valence electrons. The van der Waals surface area contributed by atoms with Crippen LogP contribution < -0.4 is 15.2 Å². The second-order valence-electron chi connectivity index (χ2n) is 5.00. The van der Waals surface area contributed by atoms with Gasteiger partial charge in [0.15, 0.2) is 11.5 Å². The summed E-state index contributed by atoms with van der Waals surface area (Å²) in [6.07, 6.45) is 0. The van der Waals surface area contributed by atoms with Crippen molar-refractivity contribution in [1.29, 1.82) is 5.26 Å². The second-order valence-corrected chi connectivity index (χ2v) is 5.00. The average Bonchev–Trinajstić information content (AvgIpc) is 3.10. The number of imidazole rings is 1. The van der Waals surface area contributed by atoms with Crippen LogP contribution in [0.15, 0.2) is 36.4 Å². The minimum atomic E-state index is 0.195. The van der Waals surface area contributed by atoms with E-state index in [1.165, 1.54) is 0 Å². The Morgan fingerprint density at radius 2 is 2.05 bits per heavy atom. The lowest BCUT2D eigenvalue weighted by Gasteiger charge is -2.05. The molecule has 4 rings (SSSR count). The van der Waals surface area contributed by atoms with Gasteiger partial charge in [-0.2, -0.15) is 5.26 Å². The predicted octanol–water partition coefficient (Wildman–Crippen LogP) is 2.54. The van der Waals surface area contributed by atoms with E-state index in [9.17, 15) is 0 Å². The molecular weight excluding hydrogens is 280 g/mol. The van der Waals surface area contributed by atoms with E-state index in [0.717, 1.165) is 16.6 Å². The maximum absolute atomic E-state index is 9.14. The second kappa shape index (κ2) is 4.67. The van der Waals surface area contributed by atoms with E-state index < -0.39 is 0 Å². The van der Waals surface area contributed by atoms with Crippen molar-refractivity contribution in [2.45, 2.75) is 6.54 Å². The van der Waals surface area contributed by atoms with E-state index in [-0.39, 0.29) is 13.3 Å². The van der Waals surface area contributed by atoms with Crippen LogP contribution in [0.4, 0.5) is 5.69 Å². The highest BCUT2D eigenvalue weighted by Crippen LogP contribution is 2.37. The number of aromatic nitrogens is 2. The fourth-order valence-corrected chi connectivity index (χ4v) is 2.64. The fraction of sp³-hybridized carbons (Fsp3) is 0.125. The van der Waals surface area contributed by atoms with Crippen LogP contribution in [0.25, 0.3) is 22.4 Å². The zero-order valence-electron chi connectivity index (χ0n) is 11.6. The lowest BCUT2D eigenvalue weighted by Crippen LogP contribution is -1.99. The molecule has 0 saturated carbocycles. The highest BCUT2D eigenvalue weighted by Gasteiger charge is 2.19. The molecule has 6 heteroatoms. The molecule has 1 aromatic heterocycles. The summed E-state index contributed by atoms with van der Waals surface area (Å²) in [4.78, 5) is 4.64. The summed E-state index contributed by atoms with van der Waals surface area (Å²) in [6, 6.07) is 13.3. The van der Waals surface area contributed by atoms with Gasteiger partial charge in [0.2, 0.25) is 6.79 Å². The monoisotopic (exact) mass is 292 g/mol. The van der Waals surface area contributed by atoms with Gasteiger partial charge in [-0.25, -0.2) is 4.98 Å². The molecule has 0 radical (unpaired) electrons. The van der Waals surface area contributed by atoms with E-state index in [1.54, 1.807) is 0 Å². The highest BCUT2D eigenvalue weighted by atomic mass is 16.7. The lowest BCUT2D eigenvalue weighted by atomic mass is 10.2. The van der Waals surface area contributed by atoms with E-state index in [2.05, 4.69) is 11.1 Å². The molecule has 0 aliphatic carbocycles. The first kappa shape index (κ1) is 12.5. The van der Waals surface area contributed by atoms with Gasteiger partial charge in [-0.1, -0.05) is 12.1 Å². The number of hydrogen-bond acceptors (Lipinski definition) is 5. The Labute approximate surface area is 126 Å². The van der Waals surface area contributed by atoms with Crippen molar-refractivity contribution in [3.8, 4) is 29.0 Å². The maximum atomic E-state index is 9.14. The van der Waals surface area contributed by atoms with E-state index in [1.807, 2.05) is 41.0 Å². The molecule has 0 amide bonds. The summed E-state index contributed by atoms with van der Waals surface area (Å²) < 4.78 is 12.6. The van der Waals surface area contributed by atoms with Crippen LogP contribution in [0.1, 0.15) is 0 Å². The molecule has 0 fully saturated rings. The van der Waals surface area contributed by atoms with Gasteiger partial charge in [0.25, 0.3) is 0 Å². The molecular formula is C16H12N4O2. The van der Waals surface area contributed by atoms with Crippen LogP contribution in [0.3, 0.4) is 0 Å². The Hall–Kier alpha value is -3.20. The molecule has 2 N–H and O–H groups in total. The van der Waals surface area contributed by atoms with Crippen molar-refractivity contribution >= 4 is 16.7 Å². The lowest BCUT2D eigenvalue weighted by molar-refractivity contribution is 0.174. The molecule has 6 nitrogen and oxygen atoms in total. The fourth-order valence-electron chi connectivity index (χ4n) is 2.64. The normalized spacial score (nSPS) is 12.5. The third kappa shape index (κ3) is 1.84. The number of benzene rings is 2. The zero-order chi connectivity index (χ0) is 15.1. The topological polar surface area (TPSA) is 86.1 Å². The highest BCUT2D eigenvalue weighted by molar-refractivity contribution is 5.84. The van der Waals surface area contributed by atoms with Crippen molar-refractivity contribution in [2.24, 2.45) is 0 Å². The first-order chi connectivity index (χ1) is 10.8. The molecule has 1 aliphatic rings. The molecule has 0 saturated heterocycles. The minimum absolute atomic E-state index is 0.195. The minimum Gasteiger partial charge on any atom is -0.454 e. The van der Waals surface area contributed by atoms with Gasteiger partial charge in [0.1, 0.15) is 12.4 Å². The third-order valence-electron chi connectivity index (χ3n) is 3.62. The number of fused-ring (bicyclic) bond motifs is 2. The van der Waals surface area contributed by atoms with Gasteiger partial charge in [0, 0.05) is 23.4 Å². The van der Waals surface area contributed by atoms with Gasteiger partial charge in [-0.15, -0.1) is 0 Å². The summed E-state index contributed by atoms with van der Waals surface area (Å²) in [7, 11) is 0. The number of nitrogens with two attached hydrogens (primary N) is 1. The first-order valence-corrected chi connectivity index (χ1v) is 6.79. The van der Waals surface area contributed by atoms with Gasteiger partial charge in [-0.3, -0.25) is 0 Å². The van der Waals surface area contributed by atoms with E-state index >= 15 is 0 Å². The summed E-state index contributed by atoms with van der Waals surface area (Å²) >= 11 is 0. The Kier molecular flexibility index (Phi) is 2.66.